The number of carbonyl (C=O) groups excluding carboxylic acids is 1. The number of aliphatic hydroxyl groups is 1. The second-order valence-corrected chi connectivity index (χ2v) is 9.37. The lowest BCUT2D eigenvalue weighted by atomic mass is 9.71. The number of nitrogens with one attached hydrogen (secondary N) is 1. The molecule has 2 aromatic rings. The van der Waals surface area contributed by atoms with Gasteiger partial charge >= 0.3 is 0 Å². The Labute approximate surface area is 177 Å². The molecule has 6 nitrogen and oxygen atoms in total. The highest BCUT2D eigenvalue weighted by molar-refractivity contribution is 6.34. The smallest absolute Gasteiger partial charge is 0.203 e. The molecule has 1 saturated heterocycles. The number of piperazine rings is 1. The number of benzene rings is 1. The summed E-state index contributed by atoms with van der Waals surface area (Å²) in [7, 11) is 0. The molecule has 0 bridgehead atoms. The SMILES string of the molecule is CCN1CCN(c2cc3nc(C(=O)C4(C)CCC(O)CC4)[nH]c3cc2Cl)[C@@H](C)C1. The standard InChI is InChI=1S/C22H31ClN4O2/c1-4-26-9-10-27(14(2)13-26)19-12-18-17(11-16(19)23)24-21(25-18)20(29)22(3)7-5-15(28)6-8-22/h11-12,14-15,28H,4-10,13H2,1-3H3,(H,24,25)/t14-,15?,22?/m0/s1. The monoisotopic (exact) mass is 418 g/mol. The van der Waals surface area contributed by atoms with Crippen molar-refractivity contribution in [3.8, 4) is 0 Å². The summed E-state index contributed by atoms with van der Waals surface area (Å²) < 4.78 is 0. The molecule has 1 aliphatic heterocycles. The summed E-state index contributed by atoms with van der Waals surface area (Å²) in [6.45, 7) is 10.4. The van der Waals surface area contributed by atoms with Gasteiger partial charge in [-0.3, -0.25) is 9.69 Å². The van der Waals surface area contributed by atoms with Crippen molar-refractivity contribution in [3.63, 3.8) is 0 Å². The number of nitrogens with zero attached hydrogens (tertiary/aromatic N) is 3. The fourth-order valence-electron chi connectivity index (χ4n) is 4.78. The number of Topliss-reactive ketones (excluding diaryl/α,β-unsaturated/α-hetero) is 1. The number of hydrogen-bond donors (Lipinski definition) is 2. The second kappa shape index (κ2) is 7.89. The molecule has 2 fully saturated rings. The van der Waals surface area contributed by atoms with E-state index in [4.69, 9.17) is 11.6 Å². The molecule has 0 radical (unpaired) electrons. The molecule has 0 amide bonds. The van der Waals surface area contributed by atoms with Gasteiger partial charge in [-0.2, -0.15) is 0 Å². The molecule has 1 aromatic heterocycles. The zero-order chi connectivity index (χ0) is 20.8. The third-order valence-corrected chi connectivity index (χ3v) is 7.14. The summed E-state index contributed by atoms with van der Waals surface area (Å²) in [5.41, 5.74) is 2.09. The van der Waals surface area contributed by atoms with Gasteiger partial charge in [0.05, 0.1) is 27.8 Å². The van der Waals surface area contributed by atoms with Gasteiger partial charge in [0.25, 0.3) is 0 Å². The number of H-pyrrole nitrogens is 1. The minimum absolute atomic E-state index is 0.0307. The molecule has 0 spiro atoms. The first kappa shape index (κ1) is 20.6. The van der Waals surface area contributed by atoms with Crippen molar-refractivity contribution >= 4 is 34.1 Å². The number of anilines is 1. The van der Waals surface area contributed by atoms with Crippen LogP contribution in [0.15, 0.2) is 12.1 Å². The van der Waals surface area contributed by atoms with Crippen LogP contribution in [-0.2, 0) is 0 Å². The molecule has 2 aliphatic rings. The van der Waals surface area contributed by atoms with Gasteiger partial charge in [-0.25, -0.2) is 4.98 Å². The number of imidazole rings is 1. The van der Waals surface area contributed by atoms with Crippen LogP contribution < -0.4 is 4.90 Å². The van der Waals surface area contributed by atoms with E-state index in [0.717, 1.165) is 42.9 Å². The summed E-state index contributed by atoms with van der Waals surface area (Å²) in [5, 5.41) is 10.5. The van der Waals surface area contributed by atoms with E-state index in [1.807, 2.05) is 19.1 Å². The highest BCUT2D eigenvalue weighted by Crippen LogP contribution is 2.39. The lowest BCUT2D eigenvalue weighted by Crippen LogP contribution is -2.51. The number of likely N-dealkylation sites (N-methyl/N-ethyl adjacent to an activating group) is 1. The van der Waals surface area contributed by atoms with Crippen LogP contribution in [0.3, 0.4) is 0 Å². The van der Waals surface area contributed by atoms with Crippen molar-refractivity contribution in [2.75, 3.05) is 31.1 Å². The predicted molar refractivity (Wildman–Crippen MR) is 117 cm³/mol. The van der Waals surface area contributed by atoms with E-state index in [2.05, 4.69) is 33.6 Å². The Hall–Kier alpha value is -1.63. The van der Waals surface area contributed by atoms with Crippen LogP contribution in [0.5, 0.6) is 0 Å². The lowest BCUT2D eigenvalue weighted by Gasteiger charge is -2.41. The van der Waals surface area contributed by atoms with Crippen LogP contribution in [0.25, 0.3) is 11.0 Å². The van der Waals surface area contributed by atoms with Crippen LogP contribution in [-0.4, -0.2) is 64.1 Å². The van der Waals surface area contributed by atoms with E-state index in [9.17, 15) is 9.90 Å². The molecule has 1 saturated carbocycles. The average Bonchev–Trinajstić information content (AvgIpc) is 3.11. The maximum Gasteiger partial charge on any atom is 0.203 e. The van der Waals surface area contributed by atoms with Crippen LogP contribution in [0.4, 0.5) is 5.69 Å². The Balaban J connectivity index is 1.61. The van der Waals surface area contributed by atoms with Gasteiger partial charge in [0.1, 0.15) is 0 Å². The van der Waals surface area contributed by atoms with E-state index in [0.29, 0.717) is 42.6 Å². The van der Waals surface area contributed by atoms with Gasteiger partial charge in [-0.05, 0) is 51.3 Å². The summed E-state index contributed by atoms with van der Waals surface area (Å²) in [6, 6.07) is 4.27. The Bertz CT molecular complexity index is 904. The van der Waals surface area contributed by atoms with Gasteiger partial charge in [-0.1, -0.05) is 25.4 Å². The minimum atomic E-state index is -0.468. The molecule has 1 aromatic carbocycles. The highest BCUT2D eigenvalue weighted by Gasteiger charge is 2.39. The minimum Gasteiger partial charge on any atom is -0.393 e. The number of hydrogen-bond acceptors (Lipinski definition) is 5. The van der Waals surface area contributed by atoms with Gasteiger partial charge in [0.2, 0.25) is 5.78 Å². The number of rotatable bonds is 4. The molecule has 158 valence electrons. The third-order valence-electron chi connectivity index (χ3n) is 6.84. The Morgan fingerprint density at radius 2 is 2.07 bits per heavy atom. The zero-order valence-corrected chi connectivity index (χ0v) is 18.3. The van der Waals surface area contributed by atoms with E-state index in [1.54, 1.807) is 0 Å². The third kappa shape index (κ3) is 3.90. The quantitative estimate of drug-likeness (QED) is 0.737. The van der Waals surface area contributed by atoms with Crippen molar-refractivity contribution < 1.29 is 9.90 Å². The zero-order valence-electron chi connectivity index (χ0n) is 17.5. The van der Waals surface area contributed by atoms with Gasteiger partial charge in [0.15, 0.2) is 5.82 Å². The molecule has 1 aliphatic carbocycles. The maximum atomic E-state index is 13.2. The second-order valence-electron chi connectivity index (χ2n) is 8.96. The number of aromatic amines is 1. The Kier molecular flexibility index (Phi) is 5.62. The van der Waals surface area contributed by atoms with Crippen LogP contribution in [0, 0.1) is 5.41 Å². The summed E-state index contributed by atoms with van der Waals surface area (Å²) in [4.78, 5) is 25.8. The van der Waals surface area contributed by atoms with E-state index in [1.165, 1.54) is 0 Å². The Morgan fingerprint density at radius 1 is 1.34 bits per heavy atom. The van der Waals surface area contributed by atoms with Gasteiger partial charge in [-0.15, -0.1) is 0 Å². The van der Waals surface area contributed by atoms with Gasteiger partial charge < -0.3 is 15.0 Å². The van der Waals surface area contributed by atoms with Crippen LogP contribution in [0.1, 0.15) is 57.1 Å². The van der Waals surface area contributed by atoms with Crippen molar-refractivity contribution in [1.29, 1.82) is 0 Å². The van der Waals surface area contributed by atoms with Crippen molar-refractivity contribution in [2.24, 2.45) is 5.41 Å². The first-order valence-electron chi connectivity index (χ1n) is 10.7. The number of ketones is 1. The molecule has 29 heavy (non-hydrogen) atoms. The van der Waals surface area contributed by atoms with Crippen LogP contribution in [0.2, 0.25) is 5.02 Å². The molecule has 0 unspecified atom stereocenters. The molecule has 2 N–H and O–H groups in total. The molecule has 2 heterocycles. The normalized spacial score (nSPS) is 28.8. The lowest BCUT2D eigenvalue weighted by molar-refractivity contribution is 0.0523. The first-order chi connectivity index (χ1) is 13.8. The number of halogens is 1. The number of aliphatic hydroxyl groups excluding tert-OH is 1. The van der Waals surface area contributed by atoms with E-state index >= 15 is 0 Å². The van der Waals surface area contributed by atoms with Crippen molar-refractivity contribution in [2.45, 2.75) is 58.6 Å². The molecule has 1 atom stereocenters. The summed E-state index contributed by atoms with van der Waals surface area (Å²) >= 11 is 6.64. The average molecular weight is 419 g/mol. The maximum absolute atomic E-state index is 13.2. The van der Waals surface area contributed by atoms with Crippen molar-refractivity contribution in [1.82, 2.24) is 14.9 Å². The van der Waals surface area contributed by atoms with Crippen LogP contribution >= 0.6 is 11.6 Å². The molecular formula is C22H31ClN4O2. The van der Waals surface area contributed by atoms with E-state index < -0.39 is 5.41 Å². The number of carbonyl (C=O) groups is 1. The summed E-state index contributed by atoms with van der Waals surface area (Å²) in [5.74, 6) is 0.430. The van der Waals surface area contributed by atoms with Crippen molar-refractivity contribution in [3.05, 3.63) is 23.0 Å². The van der Waals surface area contributed by atoms with Gasteiger partial charge in [0, 0.05) is 31.1 Å². The first-order valence-corrected chi connectivity index (χ1v) is 11.1. The fourth-order valence-corrected chi connectivity index (χ4v) is 5.05. The Morgan fingerprint density at radius 3 is 2.72 bits per heavy atom. The topological polar surface area (TPSA) is 72.5 Å². The number of fused-ring (bicyclic) bond motifs is 1. The highest BCUT2D eigenvalue weighted by atomic mass is 35.5. The predicted octanol–water partition coefficient (Wildman–Crippen LogP) is 3.87. The largest absolute Gasteiger partial charge is 0.393 e. The van der Waals surface area contributed by atoms with E-state index in [-0.39, 0.29) is 11.9 Å². The molecular weight excluding hydrogens is 388 g/mol. The summed E-state index contributed by atoms with van der Waals surface area (Å²) in [6.07, 6.45) is 2.42. The molecule has 4 rings (SSSR count). The molecule has 7 heteroatoms. The number of aromatic nitrogens is 2. The fraction of sp³-hybridized carbons (Fsp3) is 0.636.